The molecular weight excluding hydrogens is 186 g/mol. The number of aliphatic hydroxyl groups excluding tert-OH is 1. The molecule has 0 amide bonds. The molecule has 1 aliphatic carbocycles. The van der Waals surface area contributed by atoms with Gasteiger partial charge in [-0.15, -0.1) is 0 Å². The number of benzene rings is 1. The molecule has 1 aliphatic rings. The second-order valence-electron chi connectivity index (χ2n) is 4.30. The highest BCUT2D eigenvalue weighted by atomic mass is 16.2. The van der Waals surface area contributed by atoms with Crippen LogP contribution in [0.15, 0.2) is 24.3 Å². The van der Waals surface area contributed by atoms with Crippen LogP contribution in [0.3, 0.4) is 0 Å². The van der Waals surface area contributed by atoms with Gasteiger partial charge in [-0.2, -0.15) is 0 Å². The standard InChI is InChI=1S/C13H19NO/c15-10-2-3-11-6-8-13(9-7-11)14-12-4-1-5-12/h6-9,12,14-15H,1-5,10H2. The number of hydrogen-bond acceptors (Lipinski definition) is 2. The van der Waals surface area contributed by atoms with E-state index in [9.17, 15) is 0 Å². The summed E-state index contributed by atoms with van der Waals surface area (Å²) in [6.07, 6.45) is 5.82. The van der Waals surface area contributed by atoms with Crippen molar-refractivity contribution in [2.45, 2.75) is 38.1 Å². The molecule has 2 rings (SSSR count). The van der Waals surface area contributed by atoms with E-state index < -0.39 is 0 Å². The molecule has 0 radical (unpaired) electrons. The predicted molar refractivity (Wildman–Crippen MR) is 63.1 cm³/mol. The van der Waals surface area contributed by atoms with E-state index in [1.165, 1.54) is 30.5 Å². The van der Waals surface area contributed by atoms with Gasteiger partial charge in [0.25, 0.3) is 0 Å². The van der Waals surface area contributed by atoms with Gasteiger partial charge in [-0.3, -0.25) is 0 Å². The normalized spacial score (nSPS) is 16.1. The summed E-state index contributed by atoms with van der Waals surface area (Å²) >= 11 is 0. The molecule has 15 heavy (non-hydrogen) atoms. The minimum atomic E-state index is 0.280. The van der Waals surface area contributed by atoms with E-state index in [0.29, 0.717) is 6.04 Å². The Balaban J connectivity index is 1.85. The summed E-state index contributed by atoms with van der Waals surface area (Å²) < 4.78 is 0. The minimum Gasteiger partial charge on any atom is -0.396 e. The molecule has 2 N–H and O–H groups in total. The van der Waals surface area contributed by atoms with Gasteiger partial charge < -0.3 is 10.4 Å². The SMILES string of the molecule is OCCCc1ccc(NC2CCC2)cc1. The number of rotatable bonds is 5. The van der Waals surface area contributed by atoms with Gasteiger partial charge in [-0.05, 0) is 49.8 Å². The van der Waals surface area contributed by atoms with Crippen molar-refractivity contribution in [2.24, 2.45) is 0 Å². The van der Waals surface area contributed by atoms with Crippen LogP contribution >= 0.6 is 0 Å². The maximum absolute atomic E-state index is 8.73. The zero-order chi connectivity index (χ0) is 10.5. The van der Waals surface area contributed by atoms with Crippen LogP contribution in [0.2, 0.25) is 0 Å². The molecule has 0 heterocycles. The summed E-state index contributed by atoms with van der Waals surface area (Å²) in [5.41, 5.74) is 2.54. The van der Waals surface area contributed by atoms with Crippen LogP contribution in [-0.4, -0.2) is 17.8 Å². The van der Waals surface area contributed by atoms with Crippen molar-refractivity contribution in [3.63, 3.8) is 0 Å². The van der Waals surface area contributed by atoms with Gasteiger partial charge in [0.1, 0.15) is 0 Å². The van der Waals surface area contributed by atoms with Crippen LogP contribution in [0, 0.1) is 0 Å². The first-order valence-electron chi connectivity index (χ1n) is 5.85. The fourth-order valence-electron chi connectivity index (χ4n) is 1.84. The average Bonchev–Trinajstić information content (AvgIpc) is 2.22. The van der Waals surface area contributed by atoms with Crippen molar-refractivity contribution in [2.75, 3.05) is 11.9 Å². The Morgan fingerprint density at radius 3 is 2.47 bits per heavy atom. The molecule has 0 aromatic heterocycles. The topological polar surface area (TPSA) is 32.3 Å². The summed E-state index contributed by atoms with van der Waals surface area (Å²) in [4.78, 5) is 0. The highest BCUT2D eigenvalue weighted by Gasteiger charge is 2.16. The zero-order valence-electron chi connectivity index (χ0n) is 9.08. The number of aryl methyl sites for hydroxylation is 1. The lowest BCUT2D eigenvalue weighted by molar-refractivity contribution is 0.288. The monoisotopic (exact) mass is 205 g/mol. The Hall–Kier alpha value is -1.02. The summed E-state index contributed by atoms with van der Waals surface area (Å²) in [6.45, 7) is 0.280. The molecule has 2 heteroatoms. The minimum absolute atomic E-state index is 0.280. The third-order valence-electron chi connectivity index (χ3n) is 3.05. The van der Waals surface area contributed by atoms with Gasteiger partial charge in [-0.1, -0.05) is 12.1 Å². The lowest BCUT2D eigenvalue weighted by atomic mass is 9.93. The van der Waals surface area contributed by atoms with Gasteiger partial charge in [0, 0.05) is 18.3 Å². The van der Waals surface area contributed by atoms with Crippen LogP contribution in [0.5, 0.6) is 0 Å². The Labute approximate surface area is 91.3 Å². The molecule has 0 bridgehead atoms. The fourth-order valence-corrected chi connectivity index (χ4v) is 1.84. The molecule has 0 aliphatic heterocycles. The van der Waals surface area contributed by atoms with E-state index in [-0.39, 0.29) is 6.61 Å². The summed E-state index contributed by atoms with van der Waals surface area (Å²) in [5.74, 6) is 0. The molecular formula is C13H19NO. The predicted octanol–water partition coefficient (Wildman–Crippen LogP) is 2.58. The molecule has 2 nitrogen and oxygen atoms in total. The third-order valence-corrected chi connectivity index (χ3v) is 3.05. The first kappa shape index (κ1) is 10.5. The van der Waals surface area contributed by atoms with E-state index in [0.717, 1.165) is 12.8 Å². The van der Waals surface area contributed by atoms with E-state index in [2.05, 4.69) is 29.6 Å². The third kappa shape index (κ3) is 2.96. The summed E-state index contributed by atoms with van der Waals surface area (Å²) in [6, 6.07) is 9.29. The second-order valence-corrected chi connectivity index (χ2v) is 4.30. The Bertz CT molecular complexity index is 290. The van der Waals surface area contributed by atoms with Crippen LogP contribution in [0.25, 0.3) is 0 Å². The summed E-state index contributed by atoms with van der Waals surface area (Å²) in [7, 11) is 0. The van der Waals surface area contributed by atoms with Gasteiger partial charge in [0.05, 0.1) is 0 Å². The number of hydrogen-bond donors (Lipinski definition) is 2. The van der Waals surface area contributed by atoms with Gasteiger partial charge in [-0.25, -0.2) is 0 Å². The number of nitrogens with one attached hydrogen (secondary N) is 1. The quantitative estimate of drug-likeness (QED) is 0.774. The van der Waals surface area contributed by atoms with Crippen molar-refractivity contribution in [3.05, 3.63) is 29.8 Å². The molecule has 1 fully saturated rings. The lowest BCUT2D eigenvalue weighted by Gasteiger charge is -2.27. The largest absolute Gasteiger partial charge is 0.396 e. The molecule has 1 aromatic carbocycles. The van der Waals surface area contributed by atoms with Crippen LogP contribution in [-0.2, 0) is 6.42 Å². The number of aliphatic hydroxyl groups is 1. The van der Waals surface area contributed by atoms with Gasteiger partial charge >= 0.3 is 0 Å². The van der Waals surface area contributed by atoms with Crippen molar-refractivity contribution < 1.29 is 5.11 Å². The van der Waals surface area contributed by atoms with E-state index in [4.69, 9.17) is 5.11 Å². The lowest BCUT2D eigenvalue weighted by Crippen LogP contribution is -2.26. The molecule has 1 saturated carbocycles. The molecule has 0 spiro atoms. The van der Waals surface area contributed by atoms with Crippen LogP contribution < -0.4 is 5.32 Å². The highest BCUT2D eigenvalue weighted by Crippen LogP contribution is 2.23. The first-order valence-corrected chi connectivity index (χ1v) is 5.85. The molecule has 0 saturated heterocycles. The first-order chi connectivity index (χ1) is 7.38. The number of anilines is 1. The molecule has 82 valence electrons. The van der Waals surface area contributed by atoms with E-state index in [1.54, 1.807) is 0 Å². The second kappa shape index (κ2) is 5.17. The van der Waals surface area contributed by atoms with Gasteiger partial charge in [0.15, 0.2) is 0 Å². The molecule has 0 atom stereocenters. The van der Waals surface area contributed by atoms with Crippen molar-refractivity contribution in [3.8, 4) is 0 Å². The highest BCUT2D eigenvalue weighted by molar-refractivity contribution is 5.45. The Morgan fingerprint density at radius 1 is 1.20 bits per heavy atom. The van der Waals surface area contributed by atoms with E-state index >= 15 is 0 Å². The smallest absolute Gasteiger partial charge is 0.0434 e. The summed E-state index contributed by atoms with van der Waals surface area (Å²) in [5, 5.41) is 12.2. The fraction of sp³-hybridized carbons (Fsp3) is 0.538. The maximum Gasteiger partial charge on any atom is 0.0434 e. The van der Waals surface area contributed by atoms with Crippen molar-refractivity contribution >= 4 is 5.69 Å². The molecule has 1 aromatic rings. The average molecular weight is 205 g/mol. The molecule has 0 unspecified atom stereocenters. The van der Waals surface area contributed by atoms with Gasteiger partial charge in [0.2, 0.25) is 0 Å². The maximum atomic E-state index is 8.73. The van der Waals surface area contributed by atoms with Crippen molar-refractivity contribution in [1.82, 2.24) is 0 Å². The van der Waals surface area contributed by atoms with Crippen molar-refractivity contribution in [1.29, 1.82) is 0 Å². The van der Waals surface area contributed by atoms with Crippen LogP contribution in [0.4, 0.5) is 5.69 Å². The zero-order valence-corrected chi connectivity index (χ0v) is 9.08. The van der Waals surface area contributed by atoms with Crippen LogP contribution in [0.1, 0.15) is 31.2 Å². The Kier molecular flexibility index (Phi) is 3.62. The Morgan fingerprint density at radius 2 is 1.93 bits per heavy atom. The van der Waals surface area contributed by atoms with E-state index in [1.807, 2.05) is 0 Å².